The molecule has 0 unspecified atom stereocenters. The van der Waals surface area contributed by atoms with Crippen LogP contribution in [0.1, 0.15) is 11.3 Å². The number of halogens is 2. The molecule has 0 N–H and O–H groups in total. The molecule has 0 saturated heterocycles. The number of hydrogen-bond donors (Lipinski definition) is 0. The van der Waals surface area contributed by atoms with Crippen LogP contribution in [-0.2, 0) is 0 Å². The highest BCUT2D eigenvalue weighted by atomic mass is 127. The SMILES string of the molecule is N#Cc1cnc(OCCCOc2cc(I)ccc2Cl)s1. The zero-order chi connectivity index (χ0) is 14.4. The molecule has 104 valence electrons. The molecule has 0 aliphatic carbocycles. The molecule has 0 fully saturated rings. The summed E-state index contributed by atoms with van der Waals surface area (Å²) in [6.07, 6.45) is 2.21. The van der Waals surface area contributed by atoms with Crippen molar-refractivity contribution >= 4 is 45.5 Å². The van der Waals surface area contributed by atoms with Crippen molar-refractivity contribution in [2.24, 2.45) is 0 Å². The first-order valence-corrected chi connectivity index (χ1v) is 8.03. The van der Waals surface area contributed by atoms with Crippen LogP contribution in [0.15, 0.2) is 24.4 Å². The molecule has 0 atom stereocenters. The van der Waals surface area contributed by atoms with Gasteiger partial charge in [0.25, 0.3) is 5.19 Å². The van der Waals surface area contributed by atoms with Crippen LogP contribution in [-0.4, -0.2) is 18.2 Å². The summed E-state index contributed by atoms with van der Waals surface area (Å²) in [6.45, 7) is 0.996. The van der Waals surface area contributed by atoms with E-state index in [0.717, 1.165) is 3.57 Å². The monoisotopic (exact) mass is 420 g/mol. The zero-order valence-electron chi connectivity index (χ0n) is 10.3. The van der Waals surface area contributed by atoms with Crippen molar-refractivity contribution in [2.75, 3.05) is 13.2 Å². The Morgan fingerprint density at radius 1 is 1.35 bits per heavy atom. The lowest BCUT2D eigenvalue weighted by Gasteiger charge is -2.08. The van der Waals surface area contributed by atoms with Gasteiger partial charge in [-0.2, -0.15) is 5.26 Å². The third-order valence-corrected chi connectivity index (χ3v) is 4.06. The predicted octanol–water partition coefficient (Wildman–Crippen LogP) is 4.12. The molecule has 0 aliphatic rings. The van der Waals surface area contributed by atoms with E-state index in [4.69, 9.17) is 26.3 Å². The number of rotatable bonds is 6. The fourth-order valence-electron chi connectivity index (χ4n) is 1.36. The smallest absolute Gasteiger partial charge is 0.274 e. The molecule has 0 radical (unpaired) electrons. The normalized spacial score (nSPS) is 10.1. The molecular formula is C13H10ClIN2O2S. The van der Waals surface area contributed by atoms with Gasteiger partial charge < -0.3 is 9.47 Å². The fraction of sp³-hybridized carbons (Fsp3) is 0.231. The first-order valence-electron chi connectivity index (χ1n) is 5.75. The number of ether oxygens (including phenoxy) is 2. The van der Waals surface area contributed by atoms with Crippen molar-refractivity contribution in [1.29, 1.82) is 5.26 Å². The molecule has 4 nitrogen and oxygen atoms in total. The first-order chi connectivity index (χ1) is 9.69. The van der Waals surface area contributed by atoms with Crippen molar-refractivity contribution < 1.29 is 9.47 Å². The summed E-state index contributed by atoms with van der Waals surface area (Å²) in [5, 5.41) is 9.78. The van der Waals surface area contributed by atoms with Crippen LogP contribution in [0, 0.1) is 14.9 Å². The minimum atomic E-state index is 0.486. The second kappa shape index (κ2) is 7.67. The molecule has 1 heterocycles. The third kappa shape index (κ3) is 4.51. The topological polar surface area (TPSA) is 55.1 Å². The van der Waals surface area contributed by atoms with E-state index in [1.165, 1.54) is 17.5 Å². The maximum atomic E-state index is 8.67. The van der Waals surface area contributed by atoms with E-state index in [9.17, 15) is 0 Å². The van der Waals surface area contributed by atoms with Gasteiger partial charge in [-0.1, -0.05) is 22.9 Å². The lowest BCUT2D eigenvalue weighted by molar-refractivity contribution is 0.247. The standard InChI is InChI=1S/C13H10ClIN2O2S/c14-11-3-2-9(15)6-12(11)18-4-1-5-19-13-17-8-10(7-16)20-13/h2-3,6,8H,1,4-5H2. The summed E-state index contributed by atoms with van der Waals surface area (Å²) < 4.78 is 12.1. The number of benzene rings is 1. The lowest BCUT2D eigenvalue weighted by Crippen LogP contribution is -2.05. The van der Waals surface area contributed by atoms with Gasteiger partial charge in [-0.15, -0.1) is 0 Å². The Kier molecular flexibility index (Phi) is 5.88. The van der Waals surface area contributed by atoms with Crippen molar-refractivity contribution in [3.05, 3.63) is 37.9 Å². The van der Waals surface area contributed by atoms with E-state index < -0.39 is 0 Å². The van der Waals surface area contributed by atoms with Crippen LogP contribution in [0.25, 0.3) is 0 Å². The van der Waals surface area contributed by atoms with Crippen LogP contribution in [0.4, 0.5) is 0 Å². The Labute approximate surface area is 139 Å². The van der Waals surface area contributed by atoms with E-state index in [2.05, 4.69) is 27.6 Å². The first kappa shape index (κ1) is 15.4. The Morgan fingerprint density at radius 2 is 2.15 bits per heavy atom. The molecule has 0 aliphatic heterocycles. The molecule has 20 heavy (non-hydrogen) atoms. The maximum absolute atomic E-state index is 8.67. The van der Waals surface area contributed by atoms with E-state index in [0.29, 0.717) is 40.5 Å². The average molecular weight is 421 g/mol. The predicted molar refractivity (Wildman–Crippen MR) is 86.6 cm³/mol. The summed E-state index contributed by atoms with van der Waals surface area (Å²) in [5.74, 6) is 0.680. The second-order valence-electron chi connectivity index (χ2n) is 3.73. The number of thiazole rings is 1. The van der Waals surface area contributed by atoms with Gasteiger partial charge in [-0.3, -0.25) is 0 Å². The molecule has 2 aromatic rings. The summed E-state index contributed by atoms with van der Waals surface area (Å²) >= 11 is 9.47. The molecule has 2 rings (SSSR count). The Balaban J connectivity index is 1.71. The van der Waals surface area contributed by atoms with Crippen LogP contribution >= 0.6 is 45.5 Å². The average Bonchev–Trinajstić information content (AvgIpc) is 2.90. The van der Waals surface area contributed by atoms with Crippen LogP contribution in [0.5, 0.6) is 10.9 Å². The van der Waals surface area contributed by atoms with E-state index in [1.54, 1.807) is 0 Å². The molecule has 7 heteroatoms. The minimum absolute atomic E-state index is 0.486. The molecule has 0 amide bonds. The summed E-state index contributed by atoms with van der Waals surface area (Å²) in [6, 6.07) is 7.65. The minimum Gasteiger partial charge on any atom is -0.492 e. The number of nitrogens with zero attached hydrogens (tertiary/aromatic N) is 2. The summed E-state index contributed by atoms with van der Waals surface area (Å²) in [7, 11) is 0. The van der Waals surface area contributed by atoms with Gasteiger partial charge in [0.2, 0.25) is 0 Å². The van der Waals surface area contributed by atoms with Crippen molar-refractivity contribution in [3.63, 3.8) is 0 Å². The highest BCUT2D eigenvalue weighted by Crippen LogP contribution is 2.26. The van der Waals surface area contributed by atoms with Crippen LogP contribution < -0.4 is 9.47 Å². The lowest BCUT2D eigenvalue weighted by atomic mass is 10.3. The third-order valence-electron chi connectivity index (χ3n) is 2.26. The Bertz CT molecular complexity index is 627. The van der Waals surface area contributed by atoms with Gasteiger partial charge in [0, 0.05) is 9.99 Å². The van der Waals surface area contributed by atoms with Gasteiger partial charge in [0.1, 0.15) is 16.7 Å². The van der Waals surface area contributed by atoms with Crippen LogP contribution in [0.3, 0.4) is 0 Å². The van der Waals surface area contributed by atoms with Crippen LogP contribution in [0.2, 0.25) is 5.02 Å². The Morgan fingerprint density at radius 3 is 2.90 bits per heavy atom. The van der Waals surface area contributed by atoms with Gasteiger partial charge in [0.15, 0.2) is 0 Å². The van der Waals surface area contributed by atoms with Gasteiger partial charge in [0.05, 0.1) is 24.4 Å². The van der Waals surface area contributed by atoms with Gasteiger partial charge >= 0.3 is 0 Å². The molecule has 1 aromatic heterocycles. The molecule has 0 bridgehead atoms. The highest BCUT2D eigenvalue weighted by molar-refractivity contribution is 14.1. The van der Waals surface area contributed by atoms with Crippen molar-refractivity contribution in [1.82, 2.24) is 4.98 Å². The number of nitriles is 1. The van der Waals surface area contributed by atoms with Gasteiger partial charge in [-0.25, -0.2) is 4.98 Å². The van der Waals surface area contributed by atoms with Crippen molar-refractivity contribution in [3.8, 4) is 17.0 Å². The number of aromatic nitrogens is 1. The molecule has 0 saturated carbocycles. The quantitative estimate of drug-likeness (QED) is 0.521. The zero-order valence-corrected chi connectivity index (χ0v) is 14.0. The molecular weight excluding hydrogens is 411 g/mol. The van der Waals surface area contributed by atoms with Gasteiger partial charge in [-0.05, 0) is 40.8 Å². The number of hydrogen-bond acceptors (Lipinski definition) is 5. The van der Waals surface area contributed by atoms with E-state index in [-0.39, 0.29) is 0 Å². The summed E-state index contributed by atoms with van der Waals surface area (Å²) in [5.41, 5.74) is 0. The fourth-order valence-corrected chi connectivity index (χ4v) is 2.59. The summed E-state index contributed by atoms with van der Waals surface area (Å²) in [4.78, 5) is 4.52. The molecule has 0 spiro atoms. The highest BCUT2D eigenvalue weighted by Gasteiger charge is 2.04. The van der Waals surface area contributed by atoms with E-state index in [1.807, 2.05) is 24.3 Å². The van der Waals surface area contributed by atoms with E-state index >= 15 is 0 Å². The second-order valence-corrected chi connectivity index (χ2v) is 6.37. The maximum Gasteiger partial charge on any atom is 0.274 e. The van der Waals surface area contributed by atoms with Crippen molar-refractivity contribution in [2.45, 2.75) is 6.42 Å². The largest absolute Gasteiger partial charge is 0.492 e. The molecule has 1 aromatic carbocycles. The Hall–Kier alpha value is -1.04.